The van der Waals surface area contributed by atoms with Gasteiger partial charge >= 0.3 is 0 Å². The van der Waals surface area contributed by atoms with Crippen molar-refractivity contribution in [3.63, 3.8) is 0 Å². The van der Waals surface area contributed by atoms with E-state index in [1.54, 1.807) is 0 Å². The first kappa shape index (κ1) is 16.0. The number of nitrogens with one attached hydrogen (secondary N) is 1. The summed E-state index contributed by atoms with van der Waals surface area (Å²) in [6.45, 7) is 16.7. The van der Waals surface area contributed by atoms with E-state index in [9.17, 15) is 0 Å². The Morgan fingerprint density at radius 1 is 1.22 bits per heavy atom. The van der Waals surface area contributed by atoms with E-state index in [1.807, 2.05) is 0 Å². The molecule has 1 heterocycles. The van der Waals surface area contributed by atoms with Crippen LogP contribution in [0.1, 0.15) is 60.3 Å². The molecule has 0 amide bonds. The maximum Gasteiger partial charge on any atom is 0.0107 e. The number of piperidine rings is 1. The Kier molecular flexibility index (Phi) is 6.65. The van der Waals surface area contributed by atoms with Gasteiger partial charge in [-0.25, -0.2) is 0 Å². The Balaban J connectivity index is 2.13. The van der Waals surface area contributed by atoms with Crippen molar-refractivity contribution < 1.29 is 0 Å². The van der Waals surface area contributed by atoms with Crippen LogP contribution in [0.15, 0.2) is 0 Å². The van der Waals surface area contributed by atoms with Gasteiger partial charge < -0.3 is 10.2 Å². The first-order chi connectivity index (χ1) is 8.43. The van der Waals surface area contributed by atoms with E-state index < -0.39 is 0 Å². The van der Waals surface area contributed by atoms with Crippen LogP contribution in [0.5, 0.6) is 0 Å². The van der Waals surface area contributed by atoms with E-state index in [4.69, 9.17) is 0 Å². The zero-order valence-electron chi connectivity index (χ0n) is 13.3. The van der Waals surface area contributed by atoms with Gasteiger partial charge in [-0.3, -0.25) is 0 Å². The molecule has 0 aliphatic carbocycles. The summed E-state index contributed by atoms with van der Waals surface area (Å²) < 4.78 is 0. The monoisotopic (exact) mass is 254 g/mol. The fraction of sp³-hybridized carbons (Fsp3) is 1.00. The molecule has 1 saturated heterocycles. The molecule has 0 bridgehead atoms. The van der Waals surface area contributed by atoms with E-state index in [-0.39, 0.29) is 0 Å². The Hall–Kier alpha value is -0.0800. The first-order valence-corrected chi connectivity index (χ1v) is 7.89. The SMILES string of the molecule is CCCC(C)NCCN1CCC(C(C)(C)C)CC1. The second-order valence-corrected chi connectivity index (χ2v) is 7.13. The fourth-order valence-electron chi connectivity index (χ4n) is 3.03. The molecule has 0 radical (unpaired) electrons. The van der Waals surface area contributed by atoms with Crippen molar-refractivity contribution in [2.45, 2.75) is 66.3 Å². The van der Waals surface area contributed by atoms with Crippen molar-refractivity contribution in [1.82, 2.24) is 10.2 Å². The largest absolute Gasteiger partial charge is 0.313 e. The third-order valence-electron chi connectivity index (χ3n) is 4.45. The highest BCUT2D eigenvalue weighted by Gasteiger charge is 2.28. The highest BCUT2D eigenvalue weighted by Crippen LogP contribution is 2.33. The number of likely N-dealkylation sites (tertiary alicyclic amines) is 1. The zero-order chi connectivity index (χ0) is 13.6. The molecule has 1 N–H and O–H groups in total. The average molecular weight is 254 g/mol. The molecule has 1 atom stereocenters. The van der Waals surface area contributed by atoms with Gasteiger partial charge in [0.05, 0.1) is 0 Å². The maximum atomic E-state index is 3.63. The average Bonchev–Trinajstić information content (AvgIpc) is 2.29. The molecule has 0 aromatic rings. The van der Waals surface area contributed by atoms with Crippen LogP contribution in [0.3, 0.4) is 0 Å². The zero-order valence-corrected chi connectivity index (χ0v) is 13.3. The molecule has 1 rings (SSSR count). The molecule has 0 saturated carbocycles. The molecular weight excluding hydrogens is 220 g/mol. The molecule has 1 unspecified atom stereocenters. The normalized spacial score (nSPS) is 21.2. The molecule has 0 aromatic heterocycles. The lowest BCUT2D eigenvalue weighted by Gasteiger charge is -2.38. The summed E-state index contributed by atoms with van der Waals surface area (Å²) in [7, 11) is 0. The lowest BCUT2D eigenvalue weighted by molar-refractivity contribution is 0.112. The lowest BCUT2D eigenvalue weighted by atomic mass is 9.75. The molecule has 1 aliphatic rings. The van der Waals surface area contributed by atoms with Crippen LogP contribution < -0.4 is 5.32 Å². The summed E-state index contributed by atoms with van der Waals surface area (Å²) in [5, 5.41) is 3.63. The van der Waals surface area contributed by atoms with Gasteiger partial charge in [-0.1, -0.05) is 34.1 Å². The van der Waals surface area contributed by atoms with Crippen molar-refractivity contribution in [3.8, 4) is 0 Å². The van der Waals surface area contributed by atoms with Crippen molar-refractivity contribution in [2.75, 3.05) is 26.2 Å². The Morgan fingerprint density at radius 3 is 2.33 bits per heavy atom. The van der Waals surface area contributed by atoms with Gasteiger partial charge in [0, 0.05) is 19.1 Å². The minimum absolute atomic E-state index is 0.500. The third kappa shape index (κ3) is 5.71. The Labute approximate surface area is 115 Å². The summed E-state index contributed by atoms with van der Waals surface area (Å²) in [6, 6.07) is 0.683. The van der Waals surface area contributed by atoms with Crippen molar-refractivity contribution in [3.05, 3.63) is 0 Å². The molecule has 0 spiro atoms. The highest BCUT2D eigenvalue weighted by molar-refractivity contribution is 4.80. The number of hydrogen-bond donors (Lipinski definition) is 1. The lowest BCUT2D eigenvalue weighted by Crippen LogP contribution is -2.42. The fourth-order valence-corrected chi connectivity index (χ4v) is 3.03. The molecule has 1 aliphatic heterocycles. The second kappa shape index (κ2) is 7.49. The van der Waals surface area contributed by atoms with Gasteiger partial charge in [0.2, 0.25) is 0 Å². The molecule has 0 aromatic carbocycles. The summed E-state index contributed by atoms with van der Waals surface area (Å²) in [5.74, 6) is 0.917. The van der Waals surface area contributed by atoms with Crippen LogP contribution >= 0.6 is 0 Å². The van der Waals surface area contributed by atoms with E-state index in [1.165, 1.54) is 45.3 Å². The third-order valence-corrected chi connectivity index (χ3v) is 4.45. The Morgan fingerprint density at radius 2 is 1.83 bits per heavy atom. The van der Waals surface area contributed by atoms with Gasteiger partial charge in [0.15, 0.2) is 0 Å². The van der Waals surface area contributed by atoms with Crippen LogP contribution in [0, 0.1) is 11.3 Å². The van der Waals surface area contributed by atoms with Crippen LogP contribution in [0.25, 0.3) is 0 Å². The summed E-state index contributed by atoms with van der Waals surface area (Å²) in [5.41, 5.74) is 0.500. The molecule has 18 heavy (non-hydrogen) atoms. The van der Waals surface area contributed by atoms with Gasteiger partial charge in [0.25, 0.3) is 0 Å². The van der Waals surface area contributed by atoms with Crippen molar-refractivity contribution in [2.24, 2.45) is 11.3 Å². The van der Waals surface area contributed by atoms with E-state index in [0.29, 0.717) is 11.5 Å². The maximum absolute atomic E-state index is 3.63. The number of nitrogens with zero attached hydrogens (tertiary/aromatic N) is 1. The predicted octanol–water partition coefficient (Wildman–Crippen LogP) is 3.52. The summed E-state index contributed by atoms with van der Waals surface area (Å²) in [6.07, 6.45) is 5.35. The minimum atomic E-state index is 0.500. The van der Waals surface area contributed by atoms with Gasteiger partial charge in [-0.05, 0) is 50.6 Å². The van der Waals surface area contributed by atoms with Crippen molar-refractivity contribution >= 4 is 0 Å². The van der Waals surface area contributed by atoms with E-state index >= 15 is 0 Å². The highest BCUT2D eigenvalue weighted by atomic mass is 15.1. The van der Waals surface area contributed by atoms with Crippen LogP contribution in [0.4, 0.5) is 0 Å². The predicted molar refractivity (Wildman–Crippen MR) is 81.0 cm³/mol. The molecule has 2 nitrogen and oxygen atoms in total. The summed E-state index contributed by atoms with van der Waals surface area (Å²) >= 11 is 0. The van der Waals surface area contributed by atoms with E-state index in [2.05, 4.69) is 44.8 Å². The molecule has 2 heteroatoms. The smallest absolute Gasteiger partial charge is 0.0107 e. The van der Waals surface area contributed by atoms with Crippen LogP contribution in [-0.2, 0) is 0 Å². The standard InChI is InChI=1S/C16H34N2/c1-6-7-14(2)17-10-13-18-11-8-15(9-12-18)16(3,4)5/h14-15,17H,6-13H2,1-5H3. The first-order valence-electron chi connectivity index (χ1n) is 7.89. The van der Waals surface area contributed by atoms with Crippen molar-refractivity contribution in [1.29, 1.82) is 0 Å². The van der Waals surface area contributed by atoms with E-state index in [0.717, 1.165) is 12.5 Å². The quantitative estimate of drug-likeness (QED) is 0.780. The molecule has 1 fully saturated rings. The Bertz CT molecular complexity index is 212. The van der Waals surface area contributed by atoms with Gasteiger partial charge in [-0.2, -0.15) is 0 Å². The van der Waals surface area contributed by atoms with Gasteiger partial charge in [-0.15, -0.1) is 0 Å². The van der Waals surface area contributed by atoms with Crippen LogP contribution in [0.2, 0.25) is 0 Å². The van der Waals surface area contributed by atoms with Crippen LogP contribution in [-0.4, -0.2) is 37.1 Å². The van der Waals surface area contributed by atoms with Gasteiger partial charge in [0.1, 0.15) is 0 Å². The topological polar surface area (TPSA) is 15.3 Å². The molecule has 108 valence electrons. The number of hydrogen-bond acceptors (Lipinski definition) is 2. The number of rotatable bonds is 6. The minimum Gasteiger partial charge on any atom is -0.313 e. The molecular formula is C16H34N2. The summed E-state index contributed by atoms with van der Waals surface area (Å²) in [4.78, 5) is 2.63. The second-order valence-electron chi connectivity index (χ2n) is 7.13.